The first-order chi connectivity index (χ1) is 10.2. The SMILES string of the molecule is CCCN(CCC)C1c2cccc(OCC)c2OCC1O. The van der Waals surface area contributed by atoms with E-state index in [2.05, 4.69) is 18.7 Å². The molecule has 2 atom stereocenters. The molecule has 1 aliphatic heterocycles. The van der Waals surface area contributed by atoms with Gasteiger partial charge in [0.1, 0.15) is 12.7 Å². The molecule has 0 aromatic heterocycles. The van der Waals surface area contributed by atoms with E-state index in [-0.39, 0.29) is 6.04 Å². The van der Waals surface area contributed by atoms with Crippen LogP contribution in [0.25, 0.3) is 0 Å². The highest BCUT2D eigenvalue weighted by atomic mass is 16.5. The van der Waals surface area contributed by atoms with Crippen LogP contribution in [0.2, 0.25) is 0 Å². The standard InChI is InChI=1S/C17H27NO3/c1-4-10-18(11-5-2)16-13-8-7-9-15(20-6-3)17(13)21-12-14(16)19/h7-9,14,16,19H,4-6,10-12H2,1-3H3. The van der Waals surface area contributed by atoms with Gasteiger partial charge in [0.2, 0.25) is 0 Å². The van der Waals surface area contributed by atoms with E-state index in [9.17, 15) is 5.11 Å². The van der Waals surface area contributed by atoms with Crippen LogP contribution in [0.3, 0.4) is 0 Å². The molecule has 1 aliphatic rings. The van der Waals surface area contributed by atoms with Crippen molar-refractivity contribution in [3.8, 4) is 11.5 Å². The zero-order chi connectivity index (χ0) is 15.2. The largest absolute Gasteiger partial charge is 0.490 e. The van der Waals surface area contributed by atoms with Crippen LogP contribution < -0.4 is 9.47 Å². The number of ether oxygens (including phenoxy) is 2. The molecule has 0 saturated heterocycles. The average Bonchev–Trinajstić information content (AvgIpc) is 2.47. The fraction of sp³-hybridized carbons (Fsp3) is 0.647. The summed E-state index contributed by atoms with van der Waals surface area (Å²) in [4.78, 5) is 2.36. The van der Waals surface area contributed by atoms with Crippen LogP contribution in [0.5, 0.6) is 11.5 Å². The second-order valence-electron chi connectivity index (χ2n) is 5.47. The Morgan fingerprint density at radius 3 is 2.57 bits per heavy atom. The molecule has 0 radical (unpaired) electrons. The summed E-state index contributed by atoms with van der Waals surface area (Å²) in [6, 6.07) is 5.95. The van der Waals surface area contributed by atoms with Crippen LogP contribution in [-0.2, 0) is 0 Å². The van der Waals surface area contributed by atoms with Crippen molar-refractivity contribution < 1.29 is 14.6 Å². The number of benzene rings is 1. The van der Waals surface area contributed by atoms with Crippen LogP contribution in [0.4, 0.5) is 0 Å². The fourth-order valence-corrected chi connectivity index (χ4v) is 3.06. The minimum atomic E-state index is -0.493. The maximum atomic E-state index is 10.5. The van der Waals surface area contributed by atoms with Crippen LogP contribution in [0.15, 0.2) is 18.2 Å². The Morgan fingerprint density at radius 2 is 1.95 bits per heavy atom. The lowest BCUT2D eigenvalue weighted by Crippen LogP contribution is -2.43. The van der Waals surface area contributed by atoms with Crippen LogP contribution in [0.1, 0.15) is 45.2 Å². The van der Waals surface area contributed by atoms with Gasteiger partial charge in [0.15, 0.2) is 11.5 Å². The molecule has 0 aliphatic carbocycles. The molecular formula is C17H27NO3. The summed E-state index contributed by atoms with van der Waals surface area (Å²) in [5.41, 5.74) is 1.04. The van der Waals surface area contributed by atoms with Crippen molar-refractivity contribution in [2.45, 2.75) is 45.8 Å². The van der Waals surface area contributed by atoms with Gasteiger partial charge in [0.05, 0.1) is 12.6 Å². The highest BCUT2D eigenvalue weighted by Crippen LogP contribution is 2.42. The maximum Gasteiger partial charge on any atom is 0.166 e. The number of para-hydroxylation sites is 1. The smallest absolute Gasteiger partial charge is 0.166 e. The van der Waals surface area contributed by atoms with E-state index in [1.807, 2.05) is 25.1 Å². The highest BCUT2D eigenvalue weighted by molar-refractivity contribution is 5.49. The number of rotatable bonds is 7. The summed E-state index contributed by atoms with van der Waals surface area (Å²) in [5.74, 6) is 1.58. The Labute approximate surface area is 127 Å². The molecule has 0 bridgehead atoms. The van der Waals surface area contributed by atoms with Gasteiger partial charge < -0.3 is 14.6 Å². The Hall–Kier alpha value is -1.26. The molecule has 0 spiro atoms. The van der Waals surface area contributed by atoms with Gasteiger partial charge in [-0.25, -0.2) is 0 Å². The third kappa shape index (κ3) is 3.50. The van der Waals surface area contributed by atoms with Gasteiger partial charge in [-0.1, -0.05) is 26.0 Å². The second-order valence-corrected chi connectivity index (χ2v) is 5.47. The topological polar surface area (TPSA) is 41.9 Å². The number of hydrogen-bond donors (Lipinski definition) is 1. The quantitative estimate of drug-likeness (QED) is 0.839. The van der Waals surface area contributed by atoms with E-state index < -0.39 is 6.10 Å². The number of fused-ring (bicyclic) bond motifs is 1. The van der Waals surface area contributed by atoms with Gasteiger partial charge in [0, 0.05) is 5.56 Å². The van der Waals surface area contributed by atoms with E-state index in [1.165, 1.54) is 0 Å². The van der Waals surface area contributed by atoms with Crippen LogP contribution in [-0.4, -0.2) is 42.4 Å². The summed E-state index contributed by atoms with van der Waals surface area (Å²) in [7, 11) is 0. The third-order valence-electron chi connectivity index (χ3n) is 3.81. The molecule has 0 saturated carbocycles. The van der Waals surface area contributed by atoms with Crippen molar-refractivity contribution >= 4 is 0 Å². The third-order valence-corrected chi connectivity index (χ3v) is 3.81. The summed E-state index contributed by atoms with van der Waals surface area (Å²) >= 11 is 0. The number of hydrogen-bond acceptors (Lipinski definition) is 4. The molecule has 1 aromatic rings. The van der Waals surface area contributed by atoms with E-state index in [1.54, 1.807) is 0 Å². The van der Waals surface area contributed by atoms with Crippen molar-refractivity contribution in [1.29, 1.82) is 0 Å². The van der Waals surface area contributed by atoms with Gasteiger partial charge in [0.25, 0.3) is 0 Å². The van der Waals surface area contributed by atoms with E-state index in [4.69, 9.17) is 9.47 Å². The van der Waals surface area contributed by atoms with Crippen molar-refractivity contribution in [2.24, 2.45) is 0 Å². The Balaban J connectivity index is 2.36. The molecule has 2 rings (SSSR count). The number of nitrogens with zero attached hydrogens (tertiary/aromatic N) is 1. The molecule has 1 aromatic carbocycles. The molecule has 0 fully saturated rings. The fourth-order valence-electron chi connectivity index (χ4n) is 3.06. The normalized spacial score (nSPS) is 21.0. The van der Waals surface area contributed by atoms with E-state index in [0.29, 0.717) is 13.2 Å². The molecule has 21 heavy (non-hydrogen) atoms. The van der Waals surface area contributed by atoms with E-state index in [0.717, 1.165) is 43.0 Å². The molecule has 2 unspecified atom stereocenters. The minimum Gasteiger partial charge on any atom is -0.490 e. The molecular weight excluding hydrogens is 266 g/mol. The molecule has 1 N–H and O–H groups in total. The number of aliphatic hydroxyl groups excluding tert-OH is 1. The molecule has 4 nitrogen and oxygen atoms in total. The van der Waals surface area contributed by atoms with Gasteiger partial charge in [-0.3, -0.25) is 4.90 Å². The summed E-state index contributed by atoms with van der Waals surface area (Å²) in [5, 5.41) is 10.5. The molecule has 118 valence electrons. The number of aliphatic hydroxyl groups is 1. The first-order valence-electron chi connectivity index (χ1n) is 8.03. The Bertz CT molecular complexity index is 444. The molecule has 1 heterocycles. The maximum absolute atomic E-state index is 10.5. The molecule has 0 amide bonds. The zero-order valence-corrected chi connectivity index (χ0v) is 13.3. The summed E-state index contributed by atoms with van der Waals surface area (Å²) in [6.07, 6.45) is 1.65. The van der Waals surface area contributed by atoms with Gasteiger partial charge in [-0.2, -0.15) is 0 Å². The van der Waals surface area contributed by atoms with Crippen molar-refractivity contribution in [2.75, 3.05) is 26.3 Å². The Morgan fingerprint density at radius 1 is 1.24 bits per heavy atom. The first-order valence-corrected chi connectivity index (χ1v) is 8.03. The van der Waals surface area contributed by atoms with Gasteiger partial charge in [-0.05, 0) is 38.9 Å². The molecule has 4 heteroatoms. The Kier molecular flexibility index (Phi) is 5.88. The lowest BCUT2D eigenvalue weighted by molar-refractivity contribution is -0.00140. The van der Waals surface area contributed by atoms with Crippen molar-refractivity contribution in [1.82, 2.24) is 4.90 Å². The predicted octanol–water partition coefficient (Wildman–Crippen LogP) is 3.00. The second kappa shape index (κ2) is 7.66. The van der Waals surface area contributed by atoms with Crippen molar-refractivity contribution in [3.63, 3.8) is 0 Å². The minimum absolute atomic E-state index is 0.00550. The highest BCUT2D eigenvalue weighted by Gasteiger charge is 2.35. The lowest BCUT2D eigenvalue weighted by atomic mass is 9.95. The summed E-state index contributed by atoms with van der Waals surface area (Å²) in [6.45, 7) is 9.21. The monoisotopic (exact) mass is 293 g/mol. The van der Waals surface area contributed by atoms with E-state index >= 15 is 0 Å². The van der Waals surface area contributed by atoms with Gasteiger partial charge in [-0.15, -0.1) is 0 Å². The van der Waals surface area contributed by atoms with Crippen LogP contribution in [0, 0.1) is 0 Å². The predicted molar refractivity (Wildman–Crippen MR) is 84.0 cm³/mol. The first kappa shape index (κ1) is 16.1. The van der Waals surface area contributed by atoms with Crippen molar-refractivity contribution in [3.05, 3.63) is 23.8 Å². The average molecular weight is 293 g/mol. The zero-order valence-electron chi connectivity index (χ0n) is 13.3. The lowest BCUT2D eigenvalue weighted by Gasteiger charge is -2.39. The summed E-state index contributed by atoms with van der Waals surface area (Å²) < 4.78 is 11.4. The van der Waals surface area contributed by atoms with Gasteiger partial charge >= 0.3 is 0 Å². The van der Waals surface area contributed by atoms with Crippen LogP contribution >= 0.6 is 0 Å².